The van der Waals surface area contributed by atoms with Gasteiger partial charge in [0.15, 0.2) is 0 Å². The van der Waals surface area contributed by atoms with E-state index in [-0.39, 0.29) is 5.91 Å². The molecule has 1 heterocycles. The number of halogens is 2. The molecular weight excluding hydrogens is 281 g/mol. The molecule has 2 rings (SSSR count). The van der Waals surface area contributed by atoms with Gasteiger partial charge in [-0.3, -0.25) is 4.79 Å². The maximum Gasteiger partial charge on any atom is 0.246 e. The summed E-state index contributed by atoms with van der Waals surface area (Å²) in [7, 11) is 0. The van der Waals surface area contributed by atoms with Gasteiger partial charge in [0.2, 0.25) is 5.91 Å². The van der Waals surface area contributed by atoms with E-state index in [1.807, 2.05) is 11.0 Å². The van der Waals surface area contributed by atoms with Crippen LogP contribution in [-0.2, 0) is 4.79 Å². The monoisotopic (exact) mass is 297 g/mol. The van der Waals surface area contributed by atoms with Crippen molar-refractivity contribution >= 4 is 35.2 Å². The van der Waals surface area contributed by atoms with Gasteiger partial charge in [0.25, 0.3) is 0 Å². The number of carbonyl (C=O) groups excluding carboxylic acids is 1. The summed E-state index contributed by atoms with van der Waals surface area (Å²) in [6.07, 6.45) is 6.79. The summed E-state index contributed by atoms with van der Waals surface area (Å²) in [5.41, 5.74) is 0.882. The number of hydrogen-bond acceptors (Lipinski definition) is 1. The lowest BCUT2D eigenvalue weighted by Crippen LogP contribution is -2.41. The lowest BCUT2D eigenvalue weighted by atomic mass is 10.0. The first-order chi connectivity index (χ1) is 9.08. The molecule has 19 heavy (non-hydrogen) atoms. The summed E-state index contributed by atoms with van der Waals surface area (Å²) >= 11 is 11.8. The highest BCUT2D eigenvalue weighted by Gasteiger charge is 2.21. The first kappa shape index (κ1) is 14.4. The van der Waals surface area contributed by atoms with Gasteiger partial charge in [-0.25, -0.2) is 0 Å². The third kappa shape index (κ3) is 3.74. The highest BCUT2D eigenvalue weighted by molar-refractivity contribution is 6.42. The third-order valence-electron chi connectivity index (χ3n) is 3.45. The fourth-order valence-electron chi connectivity index (χ4n) is 2.30. The van der Waals surface area contributed by atoms with Crippen molar-refractivity contribution in [3.8, 4) is 0 Å². The van der Waals surface area contributed by atoms with E-state index in [9.17, 15) is 4.79 Å². The van der Waals surface area contributed by atoms with Crippen molar-refractivity contribution in [2.24, 2.45) is 0 Å². The highest BCUT2D eigenvalue weighted by atomic mass is 35.5. The van der Waals surface area contributed by atoms with Crippen LogP contribution < -0.4 is 0 Å². The average Bonchev–Trinajstić information content (AvgIpc) is 2.40. The van der Waals surface area contributed by atoms with Crippen LogP contribution in [0.4, 0.5) is 0 Å². The van der Waals surface area contributed by atoms with Crippen LogP contribution in [0.1, 0.15) is 31.7 Å². The zero-order valence-electron chi connectivity index (χ0n) is 10.9. The number of carbonyl (C=O) groups is 1. The fraction of sp³-hybridized carbons (Fsp3) is 0.400. The van der Waals surface area contributed by atoms with Crippen LogP contribution in [-0.4, -0.2) is 23.4 Å². The van der Waals surface area contributed by atoms with Crippen molar-refractivity contribution in [2.45, 2.75) is 32.2 Å². The second-order valence-electron chi connectivity index (χ2n) is 4.88. The van der Waals surface area contributed by atoms with Gasteiger partial charge in [0.05, 0.1) is 10.0 Å². The molecule has 1 aliphatic rings. The summed E-state index contributed by atoms with van der Waals surface area (Å²) in [6, 6.07) is 5.67. The molecule has 1 aromatic carbocycles. The van der Waals surface area contributed by atoms with E-state index < -0.39 is 0 Å². The van der Waals surface area contributed by atoms with Crippen molar-refractivity contribution < 1.29 is 4.79 Å². The molecule has 1 saturated heterocycles. The molecule has 0 aromatic heterocycles. The summed E-state index contributed by atoms with van der Waals surface area (Å²) in [6.45, 7) is 2.95. The molecule has 0 bridgehead atoms. The van der Waals surface area contributed by atoms with E-state index in [2.05, 4.69) is 6.92 Å². The molecule has 4 heteroatoms. The van der Waals surface area contributed by atoms with E-state index in [0.29, 0.717) is 16.1 Å². The van der Waals surface area contributed by atoms with Gasteiger partial charge in [-0.2, -0.15) is 0 Å². The largest absolute Gasteiger partial charge is 0.336 e. The van der Waals surface area contributed by atoms with Gasteiger partial charge in [-0.05, 0) is 50.0 Å². The molecular formula is C15H17Cl2NO. The van der Waals surface area contributed by atoms with E-state index >= 15 is 0 Å². The van der Waals surface area contributed by atoms with Gasteiger partial charge in [-0.15, -0.1) is 0 Å². The minimum atomic E-state index is 0.0678. The van der Waals surface area contributed by atoms with Crippen LogP contribution in [0.3, 0.4) is 0 Å². The van der Waals surface area contributed by atoms with E-state index in [1.54, 1.807) is 24.3 Å². The Hall–Kier alpha value is -0.990. The number of likely N-dealkylation sites (tertiary alicyclic amines) is 1. The van der Waals surface area contributed by atoms with Crippen molar-refractivity contribution in [2.75, 3.05) is 6.54 Å². The van der Waals surface area contributed by atoms with Gasteiger partial charge in [0.1, 0.15) is 0 Å². The Morgan fingerprint density at radius 2 is 2.11 bits per heavy atom. The van der Waals surface area contributed by atoms with Crippen LogP contribution in [0.15, 0.2) is 24.3 Å². The lowest BCUT2D eigenvalue weighted by molar-refractivity contribution is -0.129. The summed E-state index contributed by atoms with van der Waals surface area (Å²) < 4.78 is 0. The summed E-state index contributed by atoms with van der Waals surface area (Å²) in [5, 5.41) is 1.03. The minimum absolute atomic E-state index is 0.0678. The number of benzene rings is 1. The van der Waals surface area contributed by atoms with E-state index in [0.717, 1.165) is 24.9 Å². The molecule has 0 N–H and O–H groups in total. The van der Waals surface area contributed by atoms with Crippen molar-refractivity contribution in [3.05, 3.63) is 39.9 Å². The normalized spacial score (nSPS) is 19.9. The van der Waals surface area contributed by atoms with E-state index in [1.165, 1.54) is 6.42 Å². The maximum absolute atomic E-state index is 12.1. The number of rotatable bonds is 2. The second-order valence-corrected chi connectivity index (χ2v) is 5.70. The Labute approximate surface area is 124 Å². The molecule has 0 radical (unpaired) electrons. The van der Waals surface area contributed by atoms with Crippen LogP contribution in [0.5, 0.6) is 0 Å². The fourth-order valence-corrected chi connectivity index (χ4v) is 2.61. The van der Waals surface area contributed by atoms with Gasteiger partial charge in [-0.1, -0.05) is 29.3 Å². The number of amides is 1. The Bertz CT molecular complexity index is 499. The number of hydrogen-bond donors (Lipinski definition) is 0. The number of nitrogens with zero attached hydrogens (tertiary/aromatic N) is 1. The molecule has 1 aromatic rings. The second kappa shape index (κ2) is 6.44. The molecule has 102 valence electrons. The SMILES string of the molecule is CC1CCCCN1C(=O)C=Cc1ccc(Cl)c(Cl)c1. The smallest absolute Gasteiger partial charge is 0.246 e. The Morgan fingerprint density at radius 3 is 2.79 bits per heavy atom. The Balaban J connectivity index is 2.04. The minimum Gasteiger partial charge on any atom is -0.336 e. The molecule has 1 aliphatic heterocycles. The van der Waals surface area contributed by atoms with Gasteiger partial charge < -0.3 is 4.90 Å². The third-order valence-corrected chi connectivity index (χ3v) is 4.19. The quantitative estimate of drug-likeness (QED) is 0.741. The molecule has 0 saturated carbocycles. The van der Waals surface area contributed by atoms with Crippen LogP contribution in [0.2, 0.25) is 10.0 Å². The van der Waals surface area contributed by atoms with Crippen molar-refractivity contribution in [1.82, 2.24) is 4.90 Å². The molecule has 1 amide bonds. The first-order valence-electron chi connectivity index (χ1n) is 6.51. The van der Waals surface area contributed by atoms with Crippen LogP contribution >= 0.6 is 23.2 Å². The van der Waals surface area contributed by atoms with Crippen LogP contribution in [0, 0.1) is 0 Å². The molecule has 2 nitrogen and oxygen atoms in total. The van der Waals surface area contributed by atoms with Crippen molar-refractivity contribution in [3.63, 3.8) is 0 Å². The van der Waals surface area contributed by atoms with E-state index in [4.69, 9.17) is 23.2 Å². The average molecular weight is 298 g/mol. The Morgan fingerprint density at radius 1 is 1.32 bits per heavy atom. The molecule has 1 unspecified atom stereocenters. The predicted octanol–water partition coefficient (Wildman–Crippen LogP) is 4.41. The molecule has 1 atom stereocenters. The Kier molecular flexibility index (Phi) is 4.89. The standard InChI is InChI=1S/C15H17Cl2NO/c1-11-4-2-3-9-18(11)15(19)8-6-12-5-7-13(16)14(17)10-12/h5-8,10-11H,2-4,9H2,1H3. The zero-order chi connectivity index (χ0) is 13.8. The summed E-state index contributed by atoms with van der Waals surface area (Å²) in [5.74, 6) is 0.0678. The van der Waals surface area contributed by atoms with Gasteiger partial charge >= 0.3 is 0 Å². The predicted molar refractivity (Wildman–Crippen MR) is 80.5 cm³/mol. The topological polar surface area (TPSA) is 20.3 Å². The molecule has 0 spiro atoms. The summed E-state index contributed by atoms with van der Waals surface area (Å²) in [4.78, 5) is 14.0. The highest BCUT2D eigenvalue weighted by Crippen LogP contribution is 2.23. The molecule has 0 aliphatic carbocycles. The van der Waals surface area contributed by atoms with Crippen LogP contribution in [0.25, 0.3) is 6.08 Å². The van der Waals surface area contributed by atoms with Crippen molar-refractivity contribution in [1.29, 1.82) is 0 Å². The number of piperidine rings is 1. The maximum atomic E-state index is 12.1. The first-order valence-corrected chi connectivity index (χ1v) is 7.27. The molecule has 1 fully saturated rings. The lowest BCUT2D eigenvalue weighted by Gasteiger charge is -2.32. The van der Waals surface area contributed by atoms with Gasteiger partial charge in [0, 0.05) is 18.7 Å². The zero-order valence-corrected chi connectivity index (χ0v) is 12.4.